The molecule has 13 heavy (non-hydrogen) atoms. The molecule has 0 aliphatic heterocycles. The van der Waals surface area contributed by atoms with Gasteiger partial charge in [0, 0.05) is 20.0 Å². The van der Waals surface area contributed by atoms with E-state index in [4.69, 9.17) is 4.74 Å². The van der Waals surface area contributed by atoms with Crippen molar-refractivity contribution in [3.63, 3.8) is 0 Å². The molecule has 4 nitrogen and oxygen atoms in total. The van der Waals surface area contributed by atoms with Crippen LogP contribution in [0.2, 0.25) is 0 Å². The van der Waals surface area contributed by atoms with E-state index in [1.807, 2.05) is 0 Å². The molecule has 0 radical (unpaired) electrons. The zero-order chi connectivity index (χ0) is 10.1. The Bertz CT molecular complexity index is 196. The maximum absolute atomic E-state index is 11.1. The average Bonchev–Trinajstić information content (AvgIpc) is 2.10. The van der Waals surface area contributed by atoms with Crippen molar-refractivity contribution in [1.82, 2.24) is 0 Å². The van der Waals surface area contributed by atoms with Crippen LogP contribution in [-0.4, -0.2) is 37.0 Å². The minimum Gasteiger partial charge on any atom is -0.469 e. The van der Waals surface area contributed by atoms with Gasteiger partial charge in [0.05, 0.1) is 24.7 Å². The molecular formula is C9H16O4. The van der Waals surface area contributed by atoms with E-state index < -0.39 is 11.5 Å². The quantitative estimate of drug-likeness (QED) is 0.649. The third kappa shape index (κ3) is 1.84. The van der Waals surface area contributed by atoms with E-state index in [-0.39, 0.29) is 12.1 Å². The molecule has 1 atom stereocenters. The van der Waals surface area contributed by atoms with Gasteiger partial charge in [0.15, 0.2) is 0 Å². The highest BCUT2D eigenvalue weighted by Gasteiger charge is 2.49. The van der Waals surface area contributed by atoms with Crippen LogP contribution in [0.25, 0.3) is 0 Å². The minimum atomic E-state index is -0.923. The van der Waals surface area contributed by atoms with Crippen molar-refractivity contribution in [2.45, 2.75) is 31.5 Å². The van der Waals surface area contributed by atoms with Crippen LogP contribution in [0.4, 0.5) is 0 Å². The van der Waals surface area contributed by atoms with E-state index in [0.29, 0.717) is 12.8 Å². The summed E-state index contributed by atoms with van der Waals surface area (Å²) in [7, 11) is 2.93. The Kier molecular flexibility index (Phi) is 2.93. The van der Waals surface area contributed by atoms with E-state index in [9.17, 15) is 9.90 Å². The molecule has 4 heteroatoms. The number of rotatable bonds is 3. The van der Waals surface area contributed by atoms with Crippen LogP contribution in [-0.2, 0) is 14.3 Å². The summed E-state index contributed by atoms with van der Waals surface area (Å²) in [4.78, 5) is 11.1. The third-order valence-corrected chi connectivity index (χ3v) is 2.86. The van der Waals surface area contributed by atoms with Gasteiger partial charge in [-0.25, -0.2) is 0 Å². The molecule has 1 aliphatic rings. The Morgan fingerprint density at radius 2 is 2.08 bits per heavy atom. The van der Waals surface area contributed by atoms with Crippen LogP contribution in [0.1, 0.15) is 19.8 Å². The minimum absolute atomic E-state index is 0.0807. The number of esters is 1. The first kappa shape index (κ1) is 10.5. The fraction of sp³-hybridized carbons (Fsp3) is 0.889. The first-order valence-corrected chi connectivity index (χ1v) is 4.36. The van der Waals surface area contributed by atoms with Gasteiger partial charge in [-0.3, -0.25) is 4.79 Å². The Labute approximate surface area is 77.8 Å². The Hall–Kier alpha value is -0.610. The first-order valence-electron chi connectivity index (χ1n) is 4.36. The number of aliphatic hydroxyl groups is 1. The second kappa shape index (κ2) is 3.64. The number of carbonyl (C=O) groups is 1. The van der Waals surface area contributed by atoms with Crippen molar-refractivity contribution in [2.75, 3.05) is 14.2 Å². The highest BCUT2D eigenvalue weighted by Crippen LogP contribution is 2.40. The van der Waals surface area contributed by atoms with Gasteiger partial charge in [0.1, 0.15) is 0 Å². The van der Waals surface area contributed by atoms with Crippen molar-refractivity contribution in [2.24, 2.45) is 5.92 Å². The standard InChI is InChI=1S/C9H16O4/c1-6(8(10)13-3)9(11)4-7(5-9)12-2/h6-7,11H,4-5H2,1-3H3. The van der Waals surface area contributed by atoms with Crippen molar-refractivity contribution in [3.05, 3.63) is 0 Å². The largest absolute Gasteiger partial charge is 0.469 e. The maximum Gasteiger partial charge on any atom is 0.311 e. The summed E-state index contributed by atoms with van der Waals surface area (Å²) in [5, 5.41) is 9.90. The molecule has 0 spiro atoms. The monoisotopic (exact) mass is 188 g/mol. The van der Waals surface area contributed by atoms with Crippen molar-refractivity contribution >= 4 is 5.97 Å². The molecule has 0 aromatic rings. The molecule has 0 bridgehead atoms. The smallest absolute Gasteiger partial charge is 0.311 e. The first-order chi connectivity index (χ1) is 6.03. The van der Waals surface area contributed by atoms with Crippen LogP contribution in [0.15, 0.2) is 0 Å². The van der Waals surface area contributed by atoms with Crippen molar-refractivity contribution < 1.29 is 19.4 Å². The lowest BCUT2D eigenvalue weighted by molar-refractivity contribution is -0.180. The second-order valence-corrected chi connectivity index (χ2v) is 3.61. The summed E-state index contributed by atoms with van der Waals surface area (Å²) in [5.41, 5.74) is -0.923. The van der Waals surface area contributed by atoms with Gasteiger partial charge in [-0.1, -0.05) is 0 Å². The summed E-state index contributed by atoms with van der Waals surface area (Å²) >= 11 is 0. The molecule has 0 amide bonds. The molecule has 0 aromatic heterocycles. The zero-order valence-electron chi connectivity index (χ0n) is 8.24. The lowest BCUT2D eigenvalue weighted by atomic mass is 9.70. The van der Waals surface area contributed by atoms with Crippen LogP contribution >= 0.6 is 0 Å². The SMILES string of the molecule is COC(=O)C(C)C1(O)CC(OC)C1. The summed E-state index contributed by atoms with van der Waals surface area (Å²) in [6.07, 6.45) is 1.11. The van der Waals surface area contributed by atoms with Gasteiger partial charge in [-0.15, -0.1) is 0 Å². The topological polar surface area (TPSA) is 55.8 Å². The van der Waals surface area contributed by atoms with E-state index in [0.717, 1.165) is 0 Å². The third-order valence-electron chi connectivity index (χ3n) is 2.86. The van der Waals surface area contributed by atoms with Gasteiger partial charge in [-0.2, -0.15) is 0 Å². The Morgan fingerprint density at radius 3 is 2.46 bits per heavy atom. The molecule has 1 fully saturated rings. The lowest BCUT2D eigenvalue weighted by Gasteiger charge is -2.45. The number of ether oxygens (including phenoxy) is 2. The van der Waals surface area contributed by atoms with Gasteiger partial charge >= 0.3 is 5.97 Å². The fourth-order valence-corrected chi connectivity index (χ4v) is 1.65. The molecule has 76 valence electrons. The van der Waals surface area contributed by atoms with E-state index in [1.54, 1.807) is 14.0 Å². The number of methoxy groups -OCH3 is 2. The lowest BCUT2D eigenvalue weighted by Crippen LogP contribution is -2.54. The molecule has 0 heterocycles. The average molecular weight is 188 g/mol. The van der Waals surface area contributed by atoms with Crippen LogP contribution in [0.3, 0.4) is 0 Å². The summed E-state index contributed by atoms with van der Waals surface area (Å²) < 4.78 is 9.60. The van der Waals surface area contributed by atoms with Crippen molar-refractivity contribution in [3.8, 4) is 0 Å². The Morgan fingerprint density at radius 1 is 1.54 bits per heavy atom. The number of hydrogen-bond donors (Lipinski definition) is 1. The van der Waals surface area contributed by atoms with Crippen LogP contribution in [0.5, 0.6) is 0 Å². The molecule has 0 saturated heterocycles. The van der Waals surface area contributed by atoms with Gasteiger partial charge in [0.2, 0.25) is 0 Å². The fourth-order valence-electron chi connectivity index (χ4n) is 1.65. The van der Waals surface area contributed by atoms with E-state index in [2.05, 4.69) is 4.74 Å². The molecular weight excluding hydrogens is 172 g/mol. The van der Waals surface area contributed by atoms with E-state index in [1.165, 1.54) is 7.11 Å². The molecule has 1 unspecified atom stereocenters. The second-order valence-electron chi connectivity index (χ2n) is 3.61. The molecule has 0 aromatic carbocycles. The molecule has 1 aliphatic carbocycles. The van der Waals surface area contributed by atoms with Crippen LogP contribution < -0.4 is 0 Å². The van der Waals surface area contributed by atoms with Crippen LogP contribution in [0, 0.1) is 5.92 Å². The highest BCUT2D eigenvalue weighted by molar-refractivity contribution is 5.73. The predicted molar refractivity (Wildman–Crippen MR) is 46.2 cm³/mol. The highest BCUT2D eigenvalue weighted by atomic mass is 16.5. The Balaban J connectivity index is 2.49. The van der Waals surface area contributed by atoms with E-state index >= 15 is 0 Å². The molecule has 1 rings (SSSR count). The predicted octanol–water partition coefficient (Wildman–Crippen LogP) is 0.335. The van der Waals surface area contributed by atoms with Gasteiger partial charge in [0.25, 0.3) is 0 Å². The summed E-state index contributed by atoms with van der Waals surface area (Å²) in [5.74, 6) is -0.832. The molecule has 1 saturated carbocycles. The molecule has 1 N–H and O–H groups in total. The number of hydrogen-bond acceptors (Lipinski definition) is 4. The summed E-state index contributed by atoms with van der Waals surface area (Å²) in [6, 6.07) is 0. The van der Waals surface area contributed by atoms with Gasteiger partial charge in [-0.05, 0) is 6.92 Å². The van der Waals surface area contributed by atoms with Gasteiger partial charge < -0.3 is 14.6 Å². The maximum atomic E-state index is 11.1. The number of carbonyl (C=O) groups excluding carboxylic acids is 1. The van der Waals surface area contributed by atoms with Crippen molar-refractivity contribution in [1.29, 1.82) is 0 Å². The normalized spacial score (nSPS) is 34.9. The summed E-state index contributed by atoms with van der Waals surface area (Å²) in [6.45, 7) is 1.68. The zero-order valence-corrected chi connectivity index (χ0v) is 8.24.